The first-order valence-corrected chi connectivity index (χ1v) is 6.95. The van der Waals surface area contributed by atoms with Crippen LogP contribution >= 0.6 is 11.3 Å². The monoisotopic (exact) mass is 240 g/mol. The largest absolute Gasteiger partial charge is 0.315 e. The Bertz CT molecular complexity index is 294. The van der Waals surface area contributed by atoms with Crippen molar-refractivity contribution < 1.29 is 0 Å². The van der Waals surface area contributed by atoms with Crippen molar-refractivity contribution in [2.24, 2.45) is 0 Å². The van der Waals surface area contributed by atoms with Crippen LogP contribution in [0.2, 0.25) is 0 Å². The van der Waals surface area contributed by atoms with E-state index in [0.717, 1.165) is 13.1 Å². The Morgan fingerprint density at radius 3 is 2.56 bits per heavy atom. The maximum Gasteiger partial charge on any atom is 0.0330 e. The molecule has 1 aromatic heterocycles. The summed E-state index contributed by atoms with van der Waals surface area (Å²) in [5.74, 6) is 0. The van der Waals surface area contributed by atoms with Crippen molar-refractivity contribution in [2.75, 3.05) is 13.6 Å². The Labute approximate surface area is 104 Å². The van der Waals surface area contributed by atoms with Gasteiger partial charge in [-0.1, -0.05) is 6.92 Å². The molecule has 0 bridgehead atoms. The second kappa shape index (κ2) is 7.05. The highest BCUT2D eigenvalue weighted by Crippen LogP contribution is 2.19. The number of nitrogens with zero attached hydrogens (tertiary/aromatic N) is 1. The lowest BCUT2D eigenvalue weighted by Crippen LogP contribution is -2.30. The van der Waals surface area contributed by atoms with Crippen LogP contribution in [-0.2, 0) is 13.1 Å². The number of rotatable bonds is 7. The van der Waals surface area contributed by atoms with Gasteiger partial charge in [0.1, 0.15) is 0 Å². The van der Waals surface area contributed by atoms with E-state index in [1.54, 1.807) is 0 Å². The van der Waals surface area contributed by atoms with Crippen molar-refractivity contribution >= 4 is 11.3 Å². The van der Waals surface area contributed by atoms with E-state index in [9.17, 15) is 0 Å². The fourth-order valence-electron chi connectivity index (χ4n) is 1.78. The molecule has 1 heterocycles. The summed E-state index contributed by atoms with van der Waals surface area (Å²) >= 11 is 1.92. The fourth-order valence-corrected chi connectivity index (χ4v) is 2.84. The van der Waals surface area contributed by atoms with Crippen LogP contribution in [-0.4, -0.2) is 24.5 Å². The van der Waals surface area contributed by atoms with E-state index < -0.39 is 0 Å². The van der Waals surface area contributed by atoms with Crippen LogP contribution in [0.25, 0.3) is 0 Å². The molecule has 1 rings (SSSR count). The Morgan fingerprint density at radius 1 is 1.31 bits per heavy atom. The number of thiophene rings is 1. The first-order chi connectivity index (χ1) is 7.67. The quantitative estimate of drug-likeness (QED) is 0.788. The van der Waals surface area contributed by atoms with E-state index in [-0.39, 0.29) is 0 Å². The molecule has 0 fully saturated rings. The minimum absolute atomic E-state index is 0.634. The Hall–Kier alpha value is -0.380. The third-order valence-electron chi connectivity index (χ3n) is 2.67. The highest BCUT2D eigenvalue weighted by atomic mass is 32.1. The highest BCUT2D eigenvalue weighted by Gasteiger charge is 2.10. The summed E-state index contributed by atoms with van der Waals surface area (Å²) in [5.41, 5.74) is 0. The fraction of sp³-hybridized carbons (Fsp3) is 0.692. The molecule has 0 aliphatic heterocycles. The van der Waals surface area contributed by atoms with Crippen molar-refractivity contribution in [1.29, 1.82) is 0 Å². The Morgan fingerprint density at radius 2 is 2.00 bits per heavy atom. The maximum absolute atomic E-state index is 3.20. The molecular formula is C13H24N2S. The minimum atomic E-state index is 0.634. The highest BCUT2D eigenvalue weighted by molar-refractivity contribution is 7.11. The van der Waals surface area contributed by atoms with Gasteiger partial charge >= 0.3 is 0 Å². The summed E-state index contributed by atoms with van der Waals surface area (Å²) in [7, 11) is 2.00. The second-order valence-corrected chi connectivity index (χ2v) is 5.72. The van der Waals surface area contributed by atoms with Crippen LogP contribution in [0.4, 0.5) is 0 Å². The molecule has 16 heavy (non-hydrogen) atoms. The molecule has 0 aliphatic carbocycles. The third kappa shape index (κ3) is 4.24. The molecule has 0 atom stereocenters. The van der Waals surface area contributed by atoms with Crippen LogP contribution in [0, 0.1) is 0 Å². The van der Waals surface area contributed by atoms with Crippen LogP contribution in [0.5, 0.6) is 0 Å². The van der Waals surface area contributed by atoms with Crippen LogP contribution in [0.3, 0.4) is 0 Å². The summed E-state index contributed by atoms with van der Waals surface area (Å²) in [6, 6.07) is 5.14. The van der Waals surface area contributed by atoms with Crippen LogP contribution in [0.15, 0.2) is 12.1 Å². The number of nitrogens with one attached hydrogen (secondary N) is 1. The van der Waals surface area contributed by atoms with E-state index in [1.807, 2.05) is 18.4 Å². The van der Waals surface area contributed by atoms with E-state index >= 15 is 0 Å². The standard InChI is InChI=1S/C13H24N2S/c1-5-8-15(11(2)3)10-13-7-6-12(16-13)9-14-4/h6-7,11,14H,5,8-10H2,1-4H3. The van der Waals surface area contributed by atoms with Crippen LogP contribution in [0.1, 0.15) is 36.9 Å². The maximum atomic E-state index is 3.20. The molecule has 3 heteroatoms. The van der Waals surface area contributed by atoms with E-state index in [1.165, 1.54) is 22.7 Å². The smallest absolute Gasteiger partial charge is 0.0330 e. The molecular weight excluding hydrogens is 216 g/mol. The molecule has 0 aromatic carbocycles. The van der Waals surface area contributed by atoms with Crippen molar-refractivity contribution in [3.63, 3.8) is 0 Å². The van der Waals surface area contributed by atoms with Crippen LogP contribution < -0.4 is 5.32 Å². The molecule has 0 aliphatic rings. The predicted molar refractivity (Wildman–Crippen MR) is 72.9 cm³/mol. The zero-order valence-electron chi connectivity index (χ0n) is 10.9. The second-order valence-electron chi connectivity index (χ2n) is 4.46. The SMILES string of the molecule is CCCN(Cc1ccc(CNC)s1)C(C)C. The molecule has 0 saturated carbocycles. The van der Waals surface area contributed by atoms with E-state index in [4.69, 9.17) is 0 Å². The number of hydrogen-bond acceptors (Lipinski definition) is 3. The van der Waals surface area contributed by atoms with Gasteiger partial charge in [0.25, 0.3) is 0 Å². The van der Waals surface area contributed by atoms with Gasteiger partial charge in [-0.15, -0.1) is 11.3 Å². The van der Waals surface area contributed by atoms with Gasteiger partial charge in [0, 0.05) is 28.9 Å². The summed E-state index contributed by atoms with van der Waals surface area (Å²) in [5, 5.41) is 3.20. The molecule has 92 valence electrons. The molecule has 0 radical (unpaired) electrons. The molecule has 0 spiro atoms. The lowest BCUT2D eigenvalue weighted by Gasteiger charge is -2.25. The summed E-state index contributed by atoms with van der Waals surface area (Å²) in [4.78, 5) is 5.44. The first-order valence-electron chi connectivity index (χ1n) is 6.13. The zero-order chi connectivity index (χ0) is 12.0. The number of hydrogen-bond donors (Lipinski definition) is 1. The van der Waals surface area contributed by atoms with Gasteiger partial charge in [-0.25, -0.2) is 0 Å². The third-order valence-corrected chi connectivity index (χ3v) is 3.74. The van der Waals surface area contributed by atoms with Gasteiger partial charge in [0.2, 0.25) is 0 Å². The van der Waals surface area contributed by atoms with Crippen molar-refractivity contribution in [3.8, 4) is 0 Å². The normalized spacial score (nSPS) is 11.6. The Balaban J connectivity index is 2.55. The van der Waals surface area contributed by atoms with Gasteiger partial charge < -0.3 is 5.32 Å². The lowest BCUT2D eigenvalue weighted by molar-refractivity contribution is 0.215. The minimum Gasteiger partial charge on any atom is -0.315 e. The molecule has 2 nitrogen and oxygen atoms in total. The molecule has 0 saturated heterocycles. The molecule has 0 amide bonds. The van der Waals surface area contributed by atoms with Crippen molar-refractivity contribution in [2.45, 2.75) is 46.3 Å². The van der Waals surface area contributed by atoms with Crippen molar-refractivity contribution in [1.82, 2.24) is 10.2 Å². The van der Waals surface area contributed by atoms with Gasteiger partial charge in [-0.3, -0.25) is 4.90 Å². The van der Waals surface area contributed by atoms with Crippen molar-refractivity contribution in [3.05, 3.63) is 21.9 Å². The Kier molecular flexibility index (Phi) is 6.03. The first kappa shape index (κ1) is 13.7. The molecule has 1 aromatic rings. The summed E-state index contributed by atoms with van der Waals surface area (Å²) in [6.45, 7) is 10.1. The van der Waals surface area contributed by atoms with E-state index in [2.05, 4.69) is 43.1 Å². The van der Waals surface area contributed by atoms with Gasteiger partial charge in [-0.2, -0.15) is 0 Å². The van der Waals surface area contributed by atoms with Gasteiger partial charge in [-0.05, 0) is 46.0 Å². The average Bonchev–Trinajstić information content (AvgIpc) is 2.65. The molecule has 1 N–H and O–H groups in total. The van der Waals surface area contributed by atoms with E-state index in [0.29, 0.717) is 6.04 Å². The van der Waals surface area contributed by atoms with Gasteiger partial charge in [0.15, 0.2) is 0 Å². The summed E-state index contributed by atoms with van der Waals surface area (Å²) in [6.07, 6.45) is 1.23. The summed E-state index contributed by atoms with van der Waals surface area (Å²) < 4.78 is 0. The lowest BCUT2D eigenvalue weighted by atomic mass is 10.2. The zero-order valence-corrected chi connectivity index (χ0v) is 11.7. The topological polar surface area (TPSA) is 15.3 Å². The predicted octanol–water partition coefficient (Wildman–Crippen LogP) is 3.09. The average molecular weight is 240 g/mol. The molecule has 0 unspecified atom stereocenters. The van der Waals surface area contributed by atoms with Gasteiger partial charge in [0.05, 0.1) is 0 Å².